The summed E-state index contributed by atoms with van der Waals surface area (Å²) >= 11 is 1.46. The summed E-state index contributed by atoms with van der Waals surface area (Å²) in [7, 11) is 0. The van der Waals surface area contributed by atoms with E-state index >= 15 is 0 Å². The van der Waals surface area contributed by atoms with E-state index in [4.69, 9.17) is 5.73 Å². The summed E-state index contributed by atoms with van der Waals surface area (Å²) in [6.07, 6.45) is 4.92. The molecule has 0 unspecified atom stereocenters. The van der Waals surface area contributed by atoms with E-state index in [1.165, 1.54) is 37.0 Å². The molecule has 0 radical (unpaired) electrons. The third-order valence-corrected chi connectivity index (χ3v) is 4.21. The van der Waals surface area contributed by atoms with E-state index in [1.54, 1.807) is 0 Å². The minimum atomic E-state index is 0.155. The van der Waals surface area contributed by atoms with Crippen LogP contribution in [0, 0.1) is 5.92 Å². The zero-order valence-corrected chi connectivity index (χ0v) is 10.0. The van der Waals surface area contributed by atoms with Crippen molar-refractivity contribution in [1.29, 1.82) is 0 Å². The normalized spacial score (nSPS) is 19.8. The van der Waals surface area contributed by atoms with Crippen LogP contribution in [0.5, 0.6) is 0 Å². The fraction of sp³-hybridized carbons (Fsp3) is 0.583. The first-order valence-electron chi connectivity index (χ1n) is 5.89. The molecule has 1 amide bonds. The molecule has 16 heavy (non-hydrogen) atoms. The number of carbonyl (C=O) groups is 1. The Balaban J connectivity index is 1.77. The molecule has 1 aromatic rings. The van der Waals surface area contributed by atoms with E-state index in [0.717, 1.165) is 17.3 Å². The summed E-state index contributed by atoms with van der Waals surface area (Å²) in [5.41, 5.74) is 6.44. The number of nitrogens with two attached hydrogens (primary N) is 1. The van der Waals surface area contributed by atoms with Gasteiger partial charge < -0.3 is 10.6 Å². The monoisotopic (exact) mass is 236 g/mol. The van der Waals surface area contributed by atoms with Crippen molar-refractivity contribution < 1.29 is 4.79 Å². The first-order valence-corrected chi connectivity index (χ1v) is 6.77. The van der Waals surface area contributed by atoms with E-state index in [1.807, 2.05) is 11.4 Å². The zero-order valence-electron chi connectivity index (χ0n) is 9.19. The van der Waals surface area contributed by atoms with Gasteiger partial charge in [-0.05, 0) is 43.0 Å². The molecule has 0 spiro atoms. The molecular formula is C12H16N2OS. The van der Waals surface area contributed by atoms with Crippen molar-refractivity contribution in [1.82, 2.24) is 4.90 Å². The van der Waals surface area contributed by atoms with Gasteiger partial charge in [-0.3, -0.25) is 4.79 Å². The van der Waals surface area contributed by atoms with E-state index in [-0.39, 0.29) is 5.91 Å². The van der Waals surface area contributed by atoms with Crippen molar-refractivity contribution in [2.75, 3.05) is 12.3 Å². The van der Waals surface area contributed by atoms with Crippen LogP contribution in [0.4, 0.5) is 5.69 Å². The molecule has 0 saturated heterocycles. The van der Waals surface area contributed by atoms with Gasteiger partial charge in [0.2, 0.25) is 0 Å². The Hall–Kier alpha value is -1.03. The fourth-order valence-electron chi connectivity index (χ4n) is 1.99. The highest BCUT2D eigenvalue weighted by Crippen LogP contribution is 2.36. The third-order valence-electron chi connectivity index (χ3n) is 3.29. The largest absolute Gasteiger partial charge is 0.397 e. The van der Waals surface area contributed by atoms with Crippen molar-refractivity contribution in [2.24, 2.45) is 5.92 Å². The maximum Gasteiger partial charge on any atom is 0.266 e. The van der Waals surface area contributed by atoms with Crippen LogP contribution in [0.2, 0.25) is 0 Å². The van der Waals surface area contributed by atoms with Crippen LogP contribution in [-0.2, 0) is 0 Å². The molecule has 3 rings (SSSR count). The van der Waals surface area contributed by atoms with E-state index in [2.05, 4.69) is 4.90 Å². The van der Waals surface area contributed by atoms with Gasteiger partial charge in [0, 0.05) is 12.6 Å². The summed E-state index contributed by atoms with van der Waals surface area (Å²) < 4.78 is 0. The Bertz CT molecular complexity index is 407. The van der Waals surface area contributed by atoms with Crippen LogP contribution < -0.4 is 5.73 Å². The van der Waals surface area contributed by atoms with Crippen molar-refractivity contribution in [3.05, 3.63) is 16.3 Å². The number of thiophene rings is 1. The number of nitrogens with zero attached hydrogens (tertiary/aromatic N) is 1. The Morgan fingerprint density at radius 3 is 2.69 bits per heavy atom. The molecule has 0 aromatic carbocycles. The van der Waals surface area contributed by atoms with Gasteiger partial charge in [-0.25, -0.2) is 0 Å². The number of hydrogen-bond donors (Lipinski definition) is 1. The topological polar surface area (TPSA) is 46.3 Å². The number of rotatable bonds is 4. The molecule has 4 heteroatoms. The maximum atomic E-state index is 12.3. The molecule has 1 aromatic heterocycles. The second kappa shape index (κ2) is 3.77. The summed E-state index contributed by atoms with van der Waals surface area (Å²) in [6, 6.07) is 2.31. The van der Waals surface area contributed by atoms with E-state index < -0.39 is 0 Å². The number of anilines is 1. The van der Waals surface area contributed by atoms with Gasteiger partial charge in [-0.15, -0.1) is 11.3 Å². The lowest BCUT2D eigenvalue weighted by molar-refractivity contribution is 0.0740. The summed E-state index contributed by atoms with van der Waals surface area (Å²) in [6.45, 7) is 0.945. The van der Waals surface area contributed by atoms with E-state index in [9.17, 15) is 4.79 Å². The second-order valence-corrected chi connectivity index (χ2v) is 5.75. The molecule has 2 N–H and O–H groups in total. The Morgan fingerprint density at radius 2 is 2.19 bits per heavy atom. The smallest absolute Gasteiger partial charge is 0.266 e. The number of carbonyl (C=O) groups excluding carboxylic acids is 1. The molecule has 2 saturated carbocycles. The van der Waals surface area contributed by atoms with Crippen molar-refractivity contribution in [2.45, 2.75) is 31.7 Å². The molecular weight excluding hydrogens is 220 g/mol. The highest BCUT2D eigenvalue weighted by Gasteiger charge is 2.37. The Kier molecular flexibility index (Phi) is 2.39. The van der Waals surface area contributed by atoms with E-state index in [0.29, 0.717) is 11.7 Å². The minimum Gasteiger partial charge on any atom is -0.397 e. The first kappa shape index (κ1) is 10.1. The SMILES string of the molecule is Nc1ccsc1C(=O)N(CC1CC1)C1CC1. The number of hydrogen-bond acceptors (Lipinski definition) is 3. The molecule has 1 heterocycles. The van der Waals surface area contributed by atoms with Gasteiger partial charge in [0.05, 0.1) is 5.69 Å². The number of amides is 1. The van der Waals surface area contributed by atoms with Gasteiger partial charge in [-0.2, -0.15) is 0 Å². The van der Waals surface area contributed by atoms with Gasteiger partial charge >= 0.3 is 0 Å². The molecule has 2 aliphatic carbocycles. The minimum absolute atomic E-state index is 0.155. The molecule has 0 bridgehead atoms. The van der Waals surface area contributed by atoms with Crippen LogP contribution in [0.3, 0.4) is 0 Å². The Morgan fingerprint density at radius 1 is 1.44 bits per heavy atom. The highest BCUT2D eigenvalue weighted by molar-refractivity contribution is 7.12. The summed E-state index contributed by atoms with van der Waals surface area (Å²) in [5.74, 6) is 0.910. The summed E-state index contributed by atoms with van der Waals surface area (Å²) in [4.78, 5) is 15.1. The predicted octanol–water partition coefficient (Wildman–Crippen LogP) is 2.34. The average molecular weight is 236 g/mol. The van der Waals surface area contributed by atoms with Crippen LogP contribution in [-0.4, -0.2) is 23.4 Å². The maximum absolute atomic E-state index is 12.3. The zero-order chi connectivity index (χ0) is 11.1. The van der Waals surface area contributed by atoms with Gasteiger partial charge in [0.1, 0.15) is 4.88 Å². The number of nitrogen functional groups attached to an aromatic ring is 1. The third kappa shape index (κ3) is 1.94. The van der Waals surface area contributed by atoms with Crippen molar-refractivity contribution >= 4 is 22.9 Å². The predicted molar refractivity (Wildman–Crippen MR) is 65.5 cm³/mol. The molecule has 2 fully saturated rings. The molecule has 86 valence electrons. The van der Waals surface area contributed by atoms with Gasteiger partial charge in [0.25, 0.3) is 5.91 Å². The lowest BCUT2D eigenvalue weighted by atomic mass is 10.3. The average Bonchev–Trinajstić information content (AvgIpc) is 3.14. The van der Waals surface area contributed by atoms with Crippen LogP contribution in [0.1, 0.15) is 35.4 Å². The first-order chi connectivity index (χ1) is 7.75. The molecule has 0 aliphatic heterocycles. The summed E-state index contributed by atoms with van der Waals surface area (Å²) in [5, 5.41) is 1.89. The quantitative estimate of drug-likeness (QED) is 0.872. The molecule has 3 nitrogen and oxygen atoms in total. The molecule has 2 aliphatic rings. The van der Waals surface area contributed by atoms with Crippen molar-refractivity contribution in [3.63, 3.8) is 0 Å². The molecule has 0 atom stereocenters. The standard InChI is InChI=1S/C12H16N2OS/c13-10-5-6-16-11(10)12(15)14(9-3-4-9)7-8-1-2-8/h5-6,8-9H,1-4,7,13H2. The Labute approximate surface area is 99.2 Å². The van der Waals surface area contributed by atoms with Gasteiger partial charge in [0.15, 0.2) is 0 Å². The fourth-order valence-corrected chi connectivity index (χ4v) is 2.76. The highest BCUT2D eigenvalue weighted by atomic mass is 32.1. The van der Waals surface area contributed by atoms with Crippen LogP contribution in [0.15, 0.2) is 11.4 Å². The lowest BCUT2D eigenvalue weighted by Crippen LogP contribution is -2.34. The lowest BCUT2D eigenvalue weighted by Gasteiger charge is -2.21. The van der Waals surface area contributed by atoms with Gasteiger partial charge in [-0.1, -0.05) is 0 Å². The van der Waals surface area contributed by atoms with Crippen molar-refractivity contribution in [3.8, 4) is 0 Å². The van der Waals surface area contributed by atoms with Crippen LogP contribution >= 0.6 is 11.3 Å². The second-order valence-electron chi connectivity index (χ2n) is 4.84. The van der Waals surface area contributed by atoms with Crippen LogP contribution in [0.25, 0.3) is 0 Å².